The van der Waals surface area contributed by atoms with Crippen LogP contribution >= 0.6 is 27.9 Å². The lowest BCUT2D eigenvalue weighted by Crippen LogP contribution is -2.09. The molecule has 1 aromatic carbocycles. The molecule has 4 rings (SSSR count). The van der Waals surface area contributed by atoms with Crippen molar-refractivity contribution in [3.8, 4) is 0 Å². The van der Waals surface area contributed by atoms with Crippen LogP contribution in [0, 0.1) is 11.6 Å². The number of aromatic amines is 1. The average Bonchev–Trinajstić information content (AvgIpc) is 3.32. The van der Waals surface area contributed by atoms with E-state index in [0.29, 0.717) is 20.8 Å². The van der Waals surface area contributed by atoms with E-state index in [1.807, 2.05) is 0 Å². The van der Waals surface area contributed by atoms with Crippen LogP contribution in [-0.2, 0) is 0 Å². The normalized spacial score (nSPS) is 14.0. The molecule has 2 aromatic heterocycles. The van der Waals surface area contributed by atoms with Gasteiger partial charge >= 0.3 is 0 Å². The number of nitrogens with zero attached hydrogens (tertiary/aromatic N) is 1. The zero-order valence-electron chi connectivity index (χ0n) is 12.8. The molecule has 1 saturated carbocycles. The second kappa shape index (κ2) is 6.42. The molecule has 0 atom stereocenters. The predicted octanol–water partition coefficient (Wildman–Crippen LogP) is 5.06. The number of nitrogens with one attached hydrogen (secondary N) is 2. The van der Waals surface area contributed by atoms with Crippen LogP contribution in [0.5, 0.6) is 0 Å². The summed E-state index contributed by atoms with van der Waals surface area (Å²) in [6, 6.07) is 4.10. The van der Waals surface area contributed by atoms with Crippen LogP contribution in [0.25, 0.3) is 11.0 Å². The van der Waals surface area contributed by atoms with Crippen molar-refractivity contribution in [2.45, 2.75) is 18.1 Å². The summed E-state index contributed by atoms with van der Waals surface area (Å²) in [4.78, 5) is 19.8. The molecule has 8 heteroatoms. The molecule has 1 aliphatic carbocycles. The molecule has 4 nitrogen and oxygen atoms in total. The van der Waals surface area contributed by atoms with Gasteiger partial charge < -0.3 is 9.71 Å². The molecule has 2 N–H and O–H groups in total. The first-order chi connectivity index (χ1) is 12.0. The summed E-state index contributed by atoms with van der Waals surface area (Å²) in [5, 5.41) is 0.949. The third kappa shape index (κ3) is 3.16. The van der Waals surface area contributed by atoms with Crippen molar-refractivity contribution in [1.29, 1.82) is 0 Å². The maximum absolute atomic E-state index is 14.8. The standard InChI is InChI=1S/C17H12BrF2N3OS/c18-8-5-10-11(7-22-17(10)21-6-8)16(24)14-12(19)3-4-13(15(14)20)23-25-9-1-2-9/h3-7,9,23H,1-2H2,(H,21,22). The number of hydrogen-bond donors (Lipinski definition) is 2. The first-order valence-corrected chi connectivity index (χ1v) is 9.29. The van der Waals surface area contributed by atoms with Crippen LogP contribution in [0.15, 0.2) is 35.1 Å². The number of fused-ring (bicyclic) bond motifs is 1. The Hall–Kier alpha value is -1.93. The van der Waals surface area contributed by atoms with Gasteiger partial charge in [0, 0.05) is 33.1 Å². The van der Waals surface area contributed by atoms with Gasteiger partial charge in [-0.25, -0.2) is 13.8 Å². The lowest BCUT2D eigenvalue weighted by molar-refractivity contribution is 0.103. The number of ketones is 1. The molecule has 0 aliphatic heterocycles. The summed E-state index contributed by atoms with van der Waals surface area (Å²) in [6.07, 6.45) is 5.14. The first kappa shape index (κ1) is 16.5. The summed E-state index contributed by atoms with van der Waals surface area (Å²) in [5.74, 6) is -2.49. The van der Waals surface area contributed by atoms with E-state index in [4.69, 9.17) is 0 Å². The monoisotopic (exact) mass is 423 g/mol. The van der Waals surface area contributed by atoms with Gasteiger partial charge in [0.1, 0.15) is 11.5 Å². The molecule has 0 saturated heterocycles. The van der Waals surface area contributed by atoms with Crippen molar-refractivity contribution in [2.24, 2.45) is 0 Å². The van der Waals surface area contributed by atoms with E-state index in [-0.39, 0.29) is 11.3 Å². The van der Waals surface area contributed by atoms with E-state index in [1.54, 1.807) is 12.3 Å². The lowest BCUT2D eigenvalue weighted by atomic mass is 10.0. The van der Waals surface area contributed by atoms with Crippen LogP contribution in [0.4, 0.5) is 14.5 Å². The van der Waals surface area contributed by atoms with Crippen LogP contribution in [0.2, 0.25) is 0 Å². The molecule has 128 valence electrons. The molecule has 0 radical (unpaired) electrons. The second-order valence-corrected chi connectivity index (χ2v) is 7.81. The predicted molar refractivity (Wildman–Crippen MR) is 97.8 cm³/mol. The van der Waals surface area contributed by atoms with Crippen molar-refractivity contribution in [3.05, 3.63) is 57.8 Å². The molecule has 0 bridgehead atoms. The Morgan fingerprint density at radius 3 is 2.92 bits per heavy atom. The summed E-state index contributed by atoms with van der Waals surface area (Å²) >= 11 is 4.68. The number of benzene rings is 1. The Balaban J connectivity index is 1.75. The van der Waals surface area contributed by atoms with Crippen molar-refractivity contribution in [2.75, 3.05) is 4.72 Å². The van der Waals surface area contributed by atoms with Gasteiger partial charge in [-0.15, -0.1) is 0 Å². The maximum Gasteiger partial charge on any atom is 0.201 e. The molecule has 0 unspecified atom stereocenters. The molecule has 1 aliphatic rings. The number of pyridine rings is 1. The van der Waals surface area contributed by atoms with Gasteiger partial charge in [-0.1, -0.05) is 0 Å². The van der Waals surface area contributed by atoms with Gasteiger partial charge in [0.15, 0.2) is 5.82 Å². The fourth-order valence-electron chi connectivity index (χ4n) is 2.47. The third-order valence-corrected chi connectivity index (χ3v) is 5.50. The van der Waals surface area contributed by atoms with E-state index in [9.17, 15) is 13.6 Å². The first-order valence-electron chi connectivity index (χ1n) is 7.61. The Kier molecular flexibility index (Phi) is 4.24. The minimum Gasteiger partial charge on any atom is -0.345 e. The van der Waals surface area contributed by atoms with E-state index in [2.05, 4.69) is 30.6 Å². The molecule has 3 aromatic rings. The number of H-pyrrole nitrogens is 1. The number of carbonyl (C=O) groups is 1. The second-order valence-electron chi connectivity index (χ2n) is 5.78. The van der Waals surface area contributed by atoms with Crippen molar-refractivity contribution in [1.82, 2.24) is 9.97 Å². The highest BCUT2D eigenvalue weighted by atomic mass is 79.9. The highest BCUT2D eigenvalue weighted by molar-refractivity contribution is 9.10. The molecule has 0 spiro atoms. The van der Waals surface area contributed by atoms with Crippen molar-refractivity contribution >= 4 is 50.4 Å². The fourth-order valence-corrected chi connectivity index (χ4v) is 3.63. The van der Waals surface area contributed by atoms with E-state index in [0.717, 1.165) is 18.9 Å². The number of hydrogen-bond acceptors (Lipinski definition) is 4. The van der Waals surface area contributed by atoms with Crippen LogP contribution in [0.1, 0.15) is 28.8 Å². The summed E-state index contributed by atoms with van der Waals surface area (Å²) < 4.78 is 32.5. The summed E-state index contributed by atoms with van der Waals surface area (Å²) in [6.45, 7) is 0. The SMILES string of the molecule is O=C(c1c(F)ccc(NSC2CC2)c1F)c1c[nH]c2ncc(Br)cc12. The fraction of sp³-hybridized carbons (Fsp3) is 0.176. The molecule has 1 fully saturated rings. The topological polar surface area (TPSA) is 57.8 Å². The van der Waals surface area contributed by atoms with E-state index < -0.39 is 23.0 Å². The van der Waals surface area contributed by atoms with Gasteiger partial charge in [0.25, 0.3) is 0 Å². The molecular formula is C17H12BrF2N3OS. The minimum absolute atomic E-state index is 0.112. The minimum atomic E-state index is -0.887. The molecule has 2 heterocycles. The van der Waals surface area contributed by atoms with E-state index >= 15 is 0 Å². The van der Waals surface area contributed by atoms with Gasteiger partial charge in [0.2, 0.25) is 5.78 Å². The summed E-state index contributed by atoms with van der Waals surface area (Å²) in [7, 11) is 0. The number of anilines is 1. The van der Waals surface area contributed by atoms with Crippen molar-refractivity contribution in [3.63, 3.8) is 0 Å². The number of carbonyl (C=O) groups excluding carboxylic acids is 1. The average molecular weight is 424 g/mol. The van der Waals surface area contributed by atoms with Gasteiger partial charge in [-0.3, -0.25) is 4.79 Å². The Morgan fingerprint density at radius 1 is 1.36 bits per heavy atom. The van der Waals surface area contributed by atoms with Gasteiger partial charge in [-0.05, 0) is 58.9 Å². The number of rotatable bonds is 5. The zero-order valence-corrected chi connectivity index (χ0v) is 15.2. The smallest absolute Gasteiger partial charge is 0.201 e. The quantitative estimate of drug-likeness (QED) is 0.444. The van der Waals surface area contributed by atoms with Gasteiger partial charge in [-0.2, -0.15) is 0 Å². The Labute approximate surface area is 154 Å². The van der Waals surface area contributed by atoms with Crippen LogP contribution < -0.4 is 4.72 Å². The van der Waals surface area contributed by atoms with Crippen molar-refractivity contribution < 1.29 is 13.6 Å². The van der Waals surface area contributed by atoms with Gasteiger partial charge in [0.05, 0.1) is 11.3 Å². The molecule has 0 amide bonds. The highest BCUT2D eigenvalue weighted by Gasteiger charge is 2.26. The summed E-state index contributed by atoms with van der Waals surface area (Å²) in [5.41, 5.74) is 0.197. The molecule has 25 heavy (non-hydrogen) atoms. The highest BCUT2D eigenvalue weighted by Crippen LogP contribution is 2.36. The molecular weight excluding hydrogens is 412 g/mol. The Bertz CT molecular complexity index is 987. The number of aromatic nitrogens is 2. The van der Waals surface area contributed by atoms with Crippen LogP contribution in [-0.4, -0.2) is 21.0 Å². The lowest BCUT2D eigenvalue weighted by Gasteiger charge is -2.10. The largest absolute Gasteiger partial charge is 0.345 e. The third-order valence-electron chi connectivity index (χ3n) is 3.92. The van der Waals surface area contributed by atoms with Crippen LogP contribution in [0.3, 0.4) is 0 Å². The number of halogens is 3. The Morgan fingerprint density at radius 2 is 2.16 bits per heavy atom. The maximum atomic E-state index is 14.8. The zero-order chi connectivity index (χ0) is 17.6. The van der Waals surface area contributed by atoms with E-state index in [1.165, 1.54) is 24.2 Å².